The van der Waals surface area contributed by atoms with Crippen LogP contribution in [0.25, 0.3) is 0 Å². The van der Waals surface area contributed by atoms with Crippen LogP contribution in [-0.4, -0.2) is 42.6 Å². The Morgan fingerprint density at radius 3 is 3.12 bits per heavy atom. The molecule has 0 saturated heterocycles. The molecule has 1 amide bonds. The van der Waals surface area contributed by atoms with E-state index < -0.39 is 0 Å². The first kappa shape index (κ1) is 11.5. The Morgan fingerprint density at radius 1 is 1.62 bits per heavy atom. The molecule has 2 N–H and O–H groups in total. The van der Waals surface area contributed by atoms with Crippen LogP contribution in [0.4, 0.5) is 0 Å². The Labute approximate surface area is 98.2 Å². The Kier molecular flexibility index (Phi) is 3.52. The molecule has 88 valence electrons. The lowest BCUT2D eigenvalue weighted by Crippen LogP contribution is -2.38. The van der Waals surface area contributed by atoms with Crippen molar-refractivity contribution in [3.8, 4) is 0 Å². The van der Waals surface area contributed by atoms with Crippen LogP contribution in [0, 0.1) is 0 Å². The highest BCUT2D eigenvalue weighted by Crippen LogP contribution is 2.24. The molecule has 0 atom stereocenters. The quantitative estimate of drug-likeness (QED) is 0.820. The summed E-state index contributed by atoms with van der Waals surface area (Å²) in [7, 11) is 1.64. The van der Waals surface area contributed by atoms with Gasteiger partial charge in [0, 0.05) is 33.2 Å². The lowest BCUT2D eigenvalue weighted by molar-refractivity contribution is 0.0683. The minimum absolute atomic E-state index is 0.0653. The normalized spacial score (nSPS) is 15.4. The second-order valence-corrected chi connectivity index (χ2v) is 4.71. The molecule has 0 bridgehead atoms. The topological polar surface area (TPSA) is 68.4 Å². The highest BCUT2D eigenvalue weighted by molar-refractivity contribution is 7.13. The van der Waals surface area contributed by atoms with Crippen LogP contribution in [0.5, 0.6) is 0 Å². The van der Waals surface area contributed by atoms with Gasteiger partial charge in [0.1, 0.15) is 9.88 Å². The van der Waals surface area contributed by atoms with Crippen molar-refractivity contribution < 1.29 is 9.53 Å². The van der Waals surface area contributed by atoms with Crippen LogP contribution in [0.1, 0.15) is 20.4 Å². The maximum absolute atomic E-state index is 12.1. The van der Waals surface area contributed by atoms with Gasteiger partial charge in [-0.25, -0.2) is 4.98 Å². The minimum Gasteiger partial charge on any atom is -0.383 e. The number of ether oxygens (including phenoxy) is 1. The smallest absolute Gasteiger partial charge is 0.265 e. The number of hydrogen-bond donors (Lipinski definition) is 1. The number of methoxy groups -OCH3 is 1. The number of carbonyl (C=O) groups is 1. The van der Waals surface area contributed by atoms with E-state index in [1.807, 2.05) is 4.90 Å². The van der Waals surface area contributed by atoms with Gasteiger partial charge >= 0.3 is 0 Å². The average molecular weight is 241 g/mol. The molecule has 0 radical (unpaired) electrons. The summed E-state index contributed by atoms with van der Waals surface area (Å²) in [6.45, 7) is 2.35. The molecule has 16 heavy (non-hydrogen) atoms. The molecule has 6 heteroatoms. The summed E-state index contributed by atoms with van der Waals surface area (Å²) in [5.74, 6) is 0.0653. The SMILES string of the molecule is COCCN1CCc2nc(CN)sc2C1=O. The van der Waals surface area contributed by atoms with Crippen molar-refractivity contribution in [2.75, 3.05) is 26.8 Å². The van der Waals surface area contributed by atoms with Gasteiger partial charge in [-0.3, -0.25) is 4.79 Å². The number of fused-ring (bicyclic) bond motifs is 1. The predicted octanol–water partition coefficient (Wildman–Crippen LogP) is 0.247. The van der Waals surface area contributed by atoms with Crippen molar-refractivity contribution in [1.29, 1.82) is 0 Å². The minimum atomic E-state index is 0.0653. The second kappa shape index (κ2) is 4.90. The number of carbonyl (C=O) groups excluding carboxylic acids is 1. The third-order valence-electron chi connectivity index (χ3n) is 2.58. The standard InChI is InChI=1S/C10H15N3O2S/c1-15-5-4-13-3-2-7-9(10(13)14)16-8(6-11)12-7/h2-6,11H2,1H3. The molecule has 1 aliphatic rings. The van der Waals surface area contributed by atoms with Gasteiger partial charge in [0.05, 0.1) is 12.3 Å². The Hall–Kier alpha value is -0.980. The molecule has 1 aromatic rings. The molecular formula is C10H15N3O2S. The number of rotatable bonds is 4. The predicted molar refractivity (Wildman–Crippen MR) is 61.5 cm³/mol. The third-order valence-corrected chi connectivity index (χ3v) is 3.69. The first-order valence-corrected chi connectivity index (χ1v) is 6.04. The third kappa shape index (κ3) is 2.09. The molecule has 5 nitrogen and oxygen atoms in total. The molecule has 0 fully saturated rings. The number of thiazole rings is 1. The van der Waals surface area contributed by atoms with E-state index in [0.717, 1.165) is 28.5 Å². The van der Waals surface area contributed by atoms with Gasteiger partial charge < -0.3 is 15.4 Å². The molecule has 0 aromatic carbocycles. The number of hydrogen-bond acceptors (Lipinski definition) is 5. The first-order valence-electron chi connectivity index (χ1n) is 5.23. The van der Waals surface area contributed by atoms with Gasteiger partial charge in [0.2, 0.25) is 0 Å². The fraction of sp³-hybridized carbons (Fsp3) is 0.600. The molecule has 1 aromatic heterocycles. The van der Waals surface area contributed by atoms with Crippen LogP contribution in [0.2, 0.25) is 0 Å². The summed E-state index contributed by atoms with van der Waals surface area (Å²) in [5, 5.41) is 0.840. The van der Waals surface area contributed by atoms with E-state index in [9.17, 15) is 4.79 Å². The van der Waals surface area contributed by atoms with Gasteiger partial charge in [0.25, 0.3) is 5.91 Å². The van der Waals surface area contributed by atoms with Crippen molar-refractivity contribution in [2.24, 2.45) is 5.73 Å². The Bertz CT molecular complexity index is 391. The Morgan fingerprint density at radius 2 is 2.44 bits per heavy atom. The maximum Gasteiger partial charge on any atom is 0.265 e. The molecule has 0 spiro atoms. The average Bonchev–Trinajstić information content (AvgIpc) is 2.72. The van der Waals surface area contributed by atoms with Gasteiger partial charge in [-0.1, -0.05) is 0 Å². The van der Waals surface area contributed by atoms with Crippen LogP contribution in [-0.2, 0) is 17.7 Å². The Balaban J connectivity index is 2.14. The van der Waals surface area contributed by atoms with Gasteiger partial charge in [0.15, 0.2) is 0 Å². The molecule has 2 rings (SSSR count). The van der Waals surface area contributed by atoms with Crippen molar-refractivity contribution in [2.45, 2.75) is 13.0 Å². The van der Waals surface area contributed by atoms with E-state index in [-0.39, 0.29) is 5.91 Å². The maximum atomic E-state index is 12.1. The summed E-state index contributed by atoms with van der Waals surface area (Å²) in [6.07, 6.45) is 0.821. The zero-order valence-corrected chi connectivity index (χ0v) is 10.0. The summed E-state index contributed by atoms with van der Waals surface area (Å²) in [4.78, 5) is 19.0. The van der Waals surface area contributed by atoms with E-state index in [0.29, 0.717) is 19.7 Å². The zero-order chi connectivity index (χ0) is 11.5. The summed E-state index contributed by atoms with van der Waals surface area (Å²) < 4.78 is 4.98. The number of aromatic nitrogens is 1. The number of nitrogens with zero attached hydrogens (tertiary/aromatic N) is 2. The van der Waals surface area contributed by atoms with Gasteiger partial charge in [-0.05, 0) is 0 Å². The number of amides is 1. The fourth-order valence-corrected chi connectivity index (χ4v) is 2.68. The highest BCUT2D eigenvalue weighted by Gasteiger charge is 2.27. The van der Waals surface area contributed by atoms with Crippen LogP contribution in [0.3, 0.4) is 0 Å². The molecule has 1 aliphatic heterocycles. The molecular weight excluding hydrogens is 226 g/mol. The molecule has 2 heterocycles. The molecule has 0 unspecified atom stereocenters. The summed E-state index contributed by atoms with van der Waals surface area (Å²) >= 11 is 1.41. The van der Waals surface area contributed by atoms with Crippen LogP contribution in [0.15, 0.2) is 0 Å². The second-order valence-electron chi connectivity index (χ2n) is 3.62. The largest absolute Gasteiger partial charge is 0.383 e. The fourth-order valence-electron chi connectivity index (χ4n) is 1.73. The van der Waals surface area contributed by atoms with Crippen molar-refractivity contribution in [1.82, 2.24) is 9.88 Å². The zero-order valence-electron chi connectivity index (χ0n) is 9.23. The summed E-state index contributed by atoms with van der Waals surface area (Å²) in [6, 6.07) is 0. The van der Waals surface area contributed by atoms with Crippen molar-refractivity contribution >= 4 is 17.2 Å². The van der Waals surface area contributed by atoms with Crippen LogP contribution >= 0.6 is 11.3 Å². The van der Waals surface area contributed by atoms with Gasteiger partial charge in [-0.2, -0.15) is 0 Å². The van der Waals surface area contributed by atoms with E-state index >= 15 is 0 Å². The van der Waals surface area contributed by atoms with Crippen molar-refractivity contribution in [3.63, 3.8) is 0 Å². The van der Waals surface area contributed by atoms with E-state index in [4.69, 9.17) is 10.5 Å². The van der Waals surface area contributed by atoms with Crippen LogP contribution < -0.4 is 5.73 Å². The first-order chi connectivity index (χ1) is 7.76. The van der Waals surface area contributed by atoms with E-state index in [1.165, 1.54) is 11.3 Å². The number of nitrogens with two attached hydrogens (primary N) is 1. The lowest BCUT2D eigenvalue weighted by atomic mass is 10.1. The molecule has 0 aliphatic carbocycles. The van der Waals surface area contributed by atoms with E-state index in [1.54, 1.807) is 7.11 Å². The monoisotopic (exact) mass is 241 g/mol. The summed E-state index contributed by atoms with van der Waals surface area (Å²) in [5.41, 5.74) is 6.43. The molecule has 0 saturated carbocycles. The lowest BCUT2D eigenvalue weighted by Gasteiger charge is -2.25. The van der Waals surface area contributed by atoms with Crippen molar-refractivity contribution in [3.05, 3.63) is 15.6 Å². The highest BCUT2D eigenvalue weighted by atomic mass is 32.1. The van der Waals surface area contributed by atoms with Gasteiger partial charge in [-0.15, -0.1) is 11.3 Å². The van der Waals surface area contributed by atoms with E-state index in [2.05, 4.69) is 4.98 Å².